The second-order valence-corrected chi connectivity index (χ2v) is 10.5. The van der Waals surface area contributed by atoms with Crippen LogP contribution in [0.5, 0.6) is 17.2 Å². The van der Waals surface area contributed by atoms with Gasteiger partial charge in [-0.25, -0.2) is 8.42 Å². The van der Waals surface area contributed by atoms with E-state index in [0.717, 1.165) is 14.3 Å². The number of carbonyl (C=O) groups is 1. The van der Waals surface area contributed by atoms with Crippen LogP contribution in [0.15, 0.2) is 64.0 Å². The van der Waals surface area contributed by atoms with E-state index in [1.54, 1.807) is 24.3 Å². The van der Waals surface area contributed by atoms with Crippen LogP contribution in [-0.4, -0.2) is 42.2 Å². The van der Waals surface area contributed by atoms with Crippen LogP contribution in [0.25, 0.3) is 0 Å². The number of benzene rings is 3. The first-order chi connectivity index (χ1) is 16.6. The highest BCUT2D eigenvalue weighted by molar-refractivity contribution is 9.10. The summed E-state index contributed by atoms with van der Waals surface area (Å²) in [4.78, 5) is 12.9. The molecule has 35 heavy (non-hydrogen) atoms. The number of halogens is 2. The Morgan fingerprint density at radius 2 is 1.60 bits per heavy atom. The molecule has 0 saturated heterocycles. The fraction of sp³-hybridized carbons (Fsp3) is 0.208. The number of nitrogens with one attached hydrogen (secondary N) is 1. The van der Waals surface area contributed by atoms with Gasteiger partial charge in [-0.15, -0.1) is 0 Å². The number of rotatable bonds is 9. The molecule has 3 aromatic carbocycles. The SMILES string of the molecule is COc1ccc(S(=O)(=O)N(CC(=O)Nc2ccc(Br)c(C)c2)c2cc(Cl)ccc2OC)cc1OC. The Kier molecular flexibility index (Phi) is 8.52. The summed E-state index contributed by atoms with van der Waals surface area (Å²) < 4.78 is 45.3. The predicted molar refractivity (Wildman–Crippen MR) is 140 cm³/mol. The van der Waals surface area contributed by atoms with Gasteiger partial charge < -0.3 is 19.5 Å². The van der Waals surface area contributed by atoms with E-state index in [2.05, 4.69) is 21.2 Å². The molecule has 3 rings (SSSR count). The number of hydrogen-bond acceptors (Lipinski definition) is 6. The summed E-state index contributed by atoms with van der Waals surface area (Å²) in [7, 11) is -0.0209. The van der Waals surface area contributed by atoms with Crippen LogP contribution in [0.4, 0.5) is 11.4 Å². The molecule has 0 bridgehead atoms. The summed E-state index contributed by atoms with van der Waals surface area (Å²) >= 11 is 9.60. The van der Waals surface area contributed by atoms with Crippen molar-refractivity contribution in [1.29, 1.82) is 0 Å². The van der Waals surface area contributed by atoms with Crippen molar-refractivity contribution < 1.29 is 27.4 Å². The van der Waals surface area contributed by atoms with E-state index in [9.17, 15) is 13.2 Å². The Hall–Kier alpha value is -2.95. The van der Waals surface area contributed by atoms with Gasteiger partial charge in [0, 0.05) is 21.2 Å². The number of nitrogens with zero attached hydrogens (tertiary/aromatic N) is 1. The normalized spacial score (nSPS) is 11.0. The molecule has 0 heterocycles. The Morgan fingerprint density at radius 3 is 2.23 bits per heavy atom. The lowest BCUT2D eigenvalue weighted by Crippen LogP contribution is -2.38. The minimum Gasteiger partial charge on any atom is -0.495 e. The molecule has 0 spiro atoms. The Bertz CT molecular complexity index is 1350. The number of ether oxygens (including phenoxy) is 3. The molecule has 0 atom stereocenters. The van der Waals surface area contributed by atoms with Gasteiger partial charge in [-0.2, -0.15) is 0 Å². The van der Waals surface area contributed by atoms with E-state index in [1.165, 1.54) is 51.7 Å². The highest BCUT2D eigenvalue weighted by atomic mass is 79.9. The number of methoxy groups -OCH3 is 3. The van der Waals surface area contributed by atoms with Crippen molar-refractivity contribution in [2.24, 2.45) is 0 Å². The van der Waals surface area contributed by atoms with E-state index in [1.807, 2.05) is 6.92 Å². The van der Waals surface area contributed by atoms with Crippen molar-refractivity contribution in [2.75, 3.05) is 37.5 Å². The molecule has 3 aromatic rings. The topological polar surface area (TPSA) is 94.2 Å². The molecular weight excluding hydrogens is 560 g/mol. The van der Waals surface area contributed by atoms with Gasteiger partial charge in [0.15, 0.2) is 11.5 Å². The molecule has 8 nitrogen and oxygen atoms in total. The standard InChI is InChI=1S/C24H24BrClN2O6S/c1-15-11-17(6-8-19(15)25)27-24(29)14-28(20-12-16(26)5-9-21(20)32-2)35(30,31)18-7-10-22(33-3)23(13-18)34-4/h5-13H,14H2,1-4H3,(H,27,29). The van der Waals surface area contributed by atoms with Gasteiger partial charge in [0.1, 0.15) is 12.3 Å². The zero-order valence-corrected chi connectivity index (χ0v) is 22.6. The summed E-state index contributed by atoms with van der Waals surface area (Å²) in [6.07, 6.45) is 0. The van der Waals surface area contributed by atoms with Crippen molar-refractivity contribution in [3.63, 3.8) is 0 Å². The van der Waals surface area contributed by atoms with Gasteiger partial charge in [0.05, 0.1) is 31.9 Å². The van der Waals surface area contributed by atoms with Gasteiger partial charge >= 0.3 is 0 Å². The van der Waals surface area contributed by atoms with Crippen LogP contribution in [0.2, 0.25) is 5.02 Å². The lowest BCUT2D eigenvalue weighted by molar-refractivity contribution is -0.114. The van der Waals surface area contributed by atoms with Crippen molar-refractivity contribution in [3.05, 3.63) is 69.7 Å². The monoisotopic (exact) mass is 582 g/mol. The molecule has 0 unspecified atom stereocenters. The minimum absolute atomic E-state index is 0.107. The molecule has 0 fully saturated rings. The summed E-state index contributed by atoms with van der Waals surface area (Å²) in [5.74, 6) is 0.256. The van der Waals surface area contributed by atoms with Crippen molar-refractivity contribution in [1.82, 2.24) is 0 Å². The van der Waals surface area contributed by atoms with E-state index in [-0.39, 0.29) is 27.1 Å². The molecule has 0 radical (unpaired) electrons. The fourth-order valence-corrected chi connectivity index (χ4v) is 5.17. The van der Waals surface area contributed by atoms with E-state index < -0.39 is 22.5 Å². The molecule has 0 aliphatic carbocycles. The molecule has 1 amide bonds. The first kappa shape index (κ1) is 26.7. The average Bonchev–Trinajstić information content (AvgIpc) is 2.84. The third-order valence-electron chi connectivity index (χ3n) is 5.08. The van der Waals surface area contributed by atoms with Gasteiger partial charge in [-0.05, 0) is 61.0 Å². The largest absolute Gasteiger partial charge is 0.495 e. The summed E-state index contributed by atoms with van der Waals surface area (Å²) in [5.41, 5.74) is 1.54. The van der Waals surface area contributed by atoms with E-state index in [0.29, 0.717) is 11.4 Å². The van der Waals surface area contributed by atoms with Crippen molar-refractivity contribution in [2.45, 2.75) is 11.8 Å². The van der Waals surface area contributed by atoms with Crippen LogP contribution in [0.1, 0.15) is 5.56 Å². The number of hydrogen-bond donors (Lipinski definition) is 1. The lowest BCUT2D eigenvalue weighted by atomic mass is 10.2. The molecular formula is C24H24BrClN2O6S. The molecule has 0 aliphatic heterocycles. The summed E-state index contributed by atoms with van der Waals surface area (Å²) in [6.45, 7) is 1.34. The smallest absolute Gasteiger partial charge is 0.265 e. The number of aryl methyl sites for hydroxylation is 1. The number of anilines is 2. The second kappa shape index (κ2) is 11.2. The van der Waals surface area contributed by atoms with Crippen LogP contribution in [0, 0.1) is 6.92 Å². The molecule has 0 aliphatic rings. The quantitative estimate of drug-likeness (QED) is 0.369. The molecule has 11 heteroatoms. The average molecular weight is 584 g/mol. The maximum Gasteiger partial charge on any atom is 0.265 e. The maximum absolute atomic E-state index is 13.8. The summed E-state index contributed by atoms with van der Waals surface area (Å²) in [6, 6.07) is 14.0. The van der Waals surface area contributed by atoms with Crippen LogP contribution < -0.4 is 23.8 Å². The first-order valence-electron chi connectivity index (χ1n) is 10.2. The van der Waals surface area contributed by atoms with Crippen LogP contribution in [0.3, 0.4) is 0 Å². The molecule has 186 valence electrons. The molecule has 0 aromatic heterocycles. The van der Waals surface area contributed by atoms with E-state index >= 15 is 0 Å². The zero-order valence-electron chi connectivity index (χ0n) is 19.5. The third-order valence-corrected chi connectivity index (χ3v) is 7.96. The van der Waals surface area contributed by atoms with E-state index in [4.69, 9.17) is 25.8 Å². The predicted octanol–water partition coefficient (Wildman–Crippen LogP) is 5.27. The third kappa shape index (κ3) is 6.01. The Labute approximate surface area is 217 Å². The van der Waals surface area contributed by atoms with Crippen LogP contribution >= 0.6 is 27.5 Å². The Balaban J connectivity index is 2.07. The van der Waals surface area contributed by atoms with Crippen molar-refractivity contribution in [3.8, 4) is 17.2 Å². The minimum atomic E-state index is -4.27. The Morgan fingerprint density at radius 1 is 0.943 bits per heavy atom. The summed E-state index contributed by atoms with van der Waals surface area (Å²) in [5, 5.41) is 3.02. The fourth-order valence-electron chi connectivity index (χ4n) is 3.32. The first-order valence-corrected chi connectivity index (χ1v) is 12.9. The van der Waals surface area contributed by atoms with Crippen LogP contribution in [-0.2, 0) is 14.8 Å². The van der Waals surface area contributed by atoms with Gasteiger partial charge in [-0.3, -0.25) is 9.10 Å². The number of sulfonamides is 1. The van der Waals surface area contributed by atoms with Crippen molar-refractivity contribution >= 4 is 54.8 Å². The second-order valence-electron chi connectivity index (χ2n) is 7.36. The zero-order chi connectivity index (χ0) is 25.8. The van der Waals surface area contributed by atoms with Gasteiger partial charge in [-0.1, -0.05) is 27.5 Å². The highest BCUT2D eigenvalue weighted by Crippen LogP contribution is 2.37. The molecule has 1 N–H and O–H groups in total. The number of amides is 1. The molecule has 0 saturated carbocycles. The van der Waals surface area contributed by atoms with Gasteiger partial charge in [0.25, 0.3) is 10.0 Å². The van der Waals surface area contributed by atoms with Gasteiger partial charge in [0.2, 0.25) is 5.91 Å². The number of carbonyl (C=O) groups excluding carboxylic acids is 1. The lowest BCUT2D eigenvalue weighted by Gasteiger charge is -2.26. The maximum atomic E-state index is 13.8. The highest BCUT2D eigenvalue weighted by Gasteiger charge is 2.30.